The summed E-state index contributed by atoms with van der Waals surface area (Å²) in [6.45, 7) is 0. The first-order chi connectivity index (χ1) is 3.39. The molecule has 0 amide bonds. The summed E-state index contributed by atoms with van der Waals surface area (Å²) < 4.78 is 1.25. The van der Waals surface area contributed by atoms with Crippen molar-refractivity contribution in [3.05, 3.63) is 0 Å². The molecule has 40 valence electrons. The second kappa shape index (κ2) is 3.01. The second-order valence-electron chi connectivity index (χ2n) is 2.74. The average Bonchev–Trinajstić information content (AvgIpc) is 1.69. The van der Waals surface area contributed by atoms with E-state index in [1.807, 2.05) is 0 Å². The molecule has 0 radical (unpaired) electrons. The van der Waals surface area contributed by atoms with Gasteiger partial charge in [0.25, 0.3) is 0 Å². The zero-order valence-corrected chi connectivity index (χ0v) is 10.8. The molecule has 0 spiro atoms. The van der Waals surface area contributed by atoms with E-state index in [2.05, 4.69) is 0 Å². The van der Waals surface area contributed by atoms with Gasteiger partial charge in [-0.15, -0.1) is 0 Å². The summed E-state index contributed by atoms with van der Waals surface area (Å²) in [7, 11) is 0. The fraction of sp³-hybridized carbons (Fsp3) is 1.00. The Morgan fingerprint density at radius 3 is 1.86 bits per heavy atom. The van der Waals surface area contributed by atoms with Gasteiger partial charge in [-0.3, -0.25) is 0 Å². The molecule has 1 heteroatoms. The third kappa shape index (κ3) is 2.07. The average molecular weight is 200 g/mol. The van der Waals surface area contributed by atoms with Crippen molar-refractivity contribution in [2.24, 2.45) is 0 Å². The van der Waals surface area contributed by atoms with Crippen molar-refractivity contribution < 1.29 is 0 Å². The van der Waals surface area contributed by atoms with Crippen LogP contribution in [0.15, 0.2) is 0 Å². The van der Waals surface area contributed by atoms with E-state index in [1.54, 1.807) is 12.8 Å². The maximum atomic E-state index is 1.58. The summed E-state index contributed by atoms with van der Waals surface area (Å²) >= 11 is 0.985. The zero-order valence-electron chi connectivity index (χ0n) is 5.11. The molecule has 0 aromatic rings. The maximum absolute atomic E-state index is 1.58. The van der Waals surface area contributed by atoms with Gasteiger partial charge in [0, 0.05) is 0 Å². The van der Waals surface area contributed by atoms with Crippen LogP contribution in [-0.4, -0.2) is 24.4 Å². The monoisotopic (exact) mass is 200 g/mol. The minimum atomic E-state index is 0.985. The summed E-state index contributed by atoms with van der Waals surface area (Å²) in [5, 5.41) is 0. The first-order valence-corrected chi connectivity index (χ1v) is 6.69. The first kappa shape index (κ1) is 6.00. The van der Waals surface area contributed by atoms with Gasteiger partial charge in [-0.2, -0.15) is 0 Å². The van der Waals surface area contributed by atoms with Crippen LogP contribution in [-0.2, 0) is 0 Å². The number of rotatable bonds is 0. The molecule has 0 nitrogen and oxygen atoms in total. The van der Waals surface area contributed by atoms with Gasteiger partial charge in [0.1, 0.15) is 0 Å². The van der Waals surface area contributed by atoms with Crippen LogP contribution in [0.3, 0.4) is 0 Å². The Morgan fingerprint density at radius 1 is 1.00 bits per heavy atom. The van der Waals surface area contributed by atoms with Crippen LogP contribution in [0.4, 0.5) is 0 Å². The van der Waals surface area contributed by atoms with Gasteiger partial charge in [0.2, 0.25) is 0 Å². The van der Waals surface area contributed by atoms with Gasteiger partial charge < -0.3 is 0 Å². The Labute approximate surface area is 60.3 Å². The van der Waals surface area contributed by atoms with Gasteiger partial charge in [0.05, 0.1) is 0 Å². The molecule has 0 saturated heterocycles. The molecular weight excluding hydrogens is 187 g/mol. The number of hydrogen-bond donors (Lipinski definition) is 0. The van der Waals surface area contributed by atoms with Crippen LogP contribution < -0.4 is 0 Å². The van der Waals surface area contributed by atoms with Gasteiger partial charge in [-0.05, 0) is 0 Å². The van der Waals surface area contributed by atoms with Crippen molar-refractivity contribution in [1.82, 2.24) is 0 Å². The topological polar surface area (TPSA) is 0 Å². The van der Waals surface area contributed by atoms with E-state index in [9.17, 15) is 0 Å². The molecular formula is C6H13In. The molecule has 1 aliphatic rings. The molecule has 1 fully saturated rings. The SMILES string of the molecule is [InH2][CH]1CCCCC1. The zero-order chi connectivity index (χ0) is 5.11. The van der Waals surface area contributed by atoms with Crippen molar-refractivity contribution in [1.29, 1.82) is 0 Å². The molecule has 7 heavy (non-hydrogen) atoms. The van der Waals surface area contributed by atoms with Gasteiger partial charge in [-0.25, -0.2) is 0 Å². The first-order valence-electron chi connectivity index (χ1n) is 3.39. The molecule has 1 rings (SSSR count). The Morgan fingerprint density at radius 2 is 1.57 bits per heavy atom. The van der Waals surface area contributed by atoms with Crippen LogP contribution >= 0.6 is 0 Å². The number of hydrogen-bond acceptors (Lipinski definition) is 0. The summed E-state index contributed by atoms with van der Waals surface area (Å²) in [5.41, 5.74) is 0. The summed E-state index contributed by atoms with van der Waals surface area (Å²) in [4.78, 5) is 0. The molecule has 0 heterocycles. The Kier molecular flexibility index (Phi) is 2.58. The molecule has 1 aliphatic carbocycles. The molecule has 1 saturated carbocycles. The second-order valence-corrected chi connectivity index (χ2v) is 7.40. The van der Waals surface area contributed by atoms with E-state index < -0.39 is 0 Å². The molecule has 0 atom stereocenters. The Balaban J connectivity index is 2.12. The van der Waals surface area contributed by atoms with Crippen molar-refractivity contribution in [3.8, 4) is 0 Å². The van der Waals surface area contributed by atoms with Crippen molar-refractivity contribution in [2.45, 2.75) is 35.8 Å². The van der Waals surface area contributed by atoms with E-state index in [0.717, 1.165) is 24.4 Å². The molecule has 0 aromatic carbocycles. The van der Waals surface area contributed by atoms with Crippen LogP contribution in [0.5, 0.6) is 0 Å². The van der Waals surface area contributed by atoms with Gasteiger partial charge >= 0.3 is 60.2 Å². The van der Waals surface area contributed by atoms with Gasteiger partial charge in [0.15, 0.2) is 0 Å². The third-order valence-corrected chi connectivity index (χ3v) is 5.19. The van der Waals surface area contributed by atoms with Crippen LogP contribution in [0.1, 0.15) is 32.1 Å². The summed E-state index contributed by atoms with van der Waals surface area (Å²) in [5.74, 6) is 0. The van der Waals surface area contributed by atoms with E-state index >= 15 is 0 Å². The van der Waals surface area contributed by atoms with Crippen LogP contribution in [0.25, 0.3) is 0 Å². The predicted molar refractivity (Wildman–Crippen MR) is 35.4 cm³/mol. The summed E-state index contributed by atoms with van der Waals surface area (Å²) in [6.07, 6.45) is 7.76. The van der Waals surface area contributed by atoms with E-state index in [-0.39, 0.29) is 0 Å². The molecule has 0 unspecified atom stereocenters. The molecule has 0 aromatic heterocycles. The van der Waals surface area contributed by atoms with Crippen molar-refractivity contribution >= 4 is 24.4 Å². The van der Waals surface area contributed by atoms with E-state index in [0.29, 0.717) is 0 Å². The van der Waals surface area contributed by atoms with E-state index in [4.69, 9.17) is 0 Å². The Bertz CT molecular complexity index is 46.1. The third-order valence-electron chi connectivity index (χ3n) is 1.89. The van der Waals surface area contributed by atoms with E-state index in [1.165, 1.54) is 22.9 Å². The van der Waals surface area contributed by atoms with Crippen LogP contribution in [0, 0.1) is 0 Å². The minimum absolute atomic E-state index is 0.985. The van der Waals surface area contributed by atoms with Crippen molar-refractivity contribution in [3.63, 3.8) is 0 Å². The normalized spacial score (nSPS) is 25.1. The Hall–Kier alpha value is 0.870. The molecule has 0 bridgehead atoms. The predicted octanol–water partition coefficient (Wildman–Crippen LogP) is 1.37. The van der Waals surface area contributed by atoms with Crippen molar-refractivity contribution in [2.75, 3.05) is 0 Å². The van der Waals surface area contributed by atoms with Crippen LogP contribution in [0.2, 0.25) is 3.67 Å². The summed E-state index contributed by atoms with van der Waals surface area (Å²) in [6, 6.07) is 0. The van der Waals surface area contributed by atoms with Gasteiger partial charge in [-0.1, -0.05) is 0 Å². The quantitative estimate of drug-likeness (QED) is 0.553. The standard InChI is InChI=1S/C6H11.In.2H/c1-2-4-6-5-3-1;;;/h1H,2-6H2;;;. The molecule has 0 N–H and O–H groups in total. The molecule has 0 aliphatic heterocycles. The fourth-order valence-electron chi connectivity index (χ4n) is 1.31. The fourth-order valence-corrected chi connectivity index (χ4v) is 3.64.